The van der Waals surface area contributed by atoms with Crippen molar-refractivity contribution in [3.05, 3.63) is 182 Å². The van der Waals surface area contributed by atoms with Crippen molar-refractivity contribution in [3.63, 3.8) is 0 Å². The second-order valence-corrected chi connectivity index (χ2v) is 18.8. The number of hydrogen-bond donors (Lipinski definition) is 3. The maximum Gasteiger partial charge on any atom is 0.184 e. The van der Waals surface area contributed by atoms with E-state index < -0.39 is 0 Å². The van der Waals surface area contributed by atoms with Gasteiger partial charge in [-0.05, 0) is 96.9 Å². The largest absolute Gasteiger partial charge is 0.506 e. The zero-order chi connectivity index (χ0) is 45.2. The van der Waals surface area contributed by atoms with Crippen molar-refractivity contribution in [1.29, 1.82) is 0 Å². The molecular weight excluding hydrogens is 837 g/mol. The van der Waals surface area contributed by atoms with E-state index in [-0.39, 0.29) is 22.8 Å². The van der Waals surface area contributed by atoms with E-state index in [4.69, 9.17) is 0 Å². The lowest BCUT2D eigenvalue weighted by atomic mass is 9.69. The average Bonchev–Trinajstić information content (AvgIpc) is 3.70. The van der Waals surface area contributed by atoms with E-state index in [0.717, 1.165) is 92.8 Å². The summed E-state index contributed by atoms with van der Waals surface area (Å²) in [5, 5.41) is 49.1. The maximum absolute atomic E-state index is 13.0. The first-order chi connectivity index (χ1) is 32.8. The fraction of sp³-hybridized carbons (Fsp3) is 0. The highest BCUT2D eigenvalue weighted by Gasteiger charge is 2.38. The summed E-state index contributed by atoms with van der Waals surface area (Å²) in [6.45, 7) is 0. The summed E-state index contributed by atoms with van der Waals surface area (Å²) in [5.74, 6) is -0.784. The Labute approximate surface area is 393 Å². The summed E-state index contributed by atoms with van der Waals surface area (Å²) in [7, 11) is 6.55. The van der Waals surface area contributed by atoms with Gasteiger partial charge in [0.25, 0.3) is 0 Å². The molecule has 2 heterocycles. The molecule has 1 aliphatic heterocycles. The molecule has 1 aliphatic rings. The highest BCUT2D eigenvalue weighted by atomic mass is 32.2. The maximum atomic E-state index is 13.0. The molecule has 0 atom stereocenters. The van der Waals surface area contributed by atoms with Crippen molar-refractivity contribution in [1.82, 2.24) is 4.57 Å². The standard InChI is InChI=1S/C58H39B3N2O3S/c59-49-48(43-28-31-14-4-6-18-35(31)37-20-8-9-22-39(37)43)50(60)57-52(51(49)61)63(46-30-32-15-5-7-19-36(32)38-21-10-11-23-40(38)46)53-56(66)54(64)47(55(65)58(53)67-57)33-26-27-45-42(29-33)41-24-12-13-25-44(41)62(45)34-16-2-1-3-17-34/h1-30,64-66H,59-61H2. The van der Waals surface area contributed by atoms with E-state index >= 15 is 0 Å². The van der Waals surface area contributed by atoms with Crippen LogP contribution in [0.4, 0.5) is 17.1 Å². The molecule has 1 aromatic heterocycles. The molecule has 0 unspecified atom stereocenters. The molecule has 0 fully saturated rings. The first-order valence-electron chi connectivity index (χ1n) is 22.6. The van der Waals surface area contributed by atoms with Gasteiger partial charge in [-0.2, -0.15) is 0 Å². The van der Waals surface area contributed by atoms with E-state index in [1.165, 1.54) is 33.3 Å². The van der Waals surface area contributed by atoms with E-state index in [0.29, 0.717) is 16.1 Å². The Hall–Kier alpha value is -8.00. The molecule has 13 rings (SSSR count). The van der Waals surface area contributed by atoms with Crippen LogP contribution in [0.3, 0.4) is 0 Å². The molecule has 0 saturated carbocycles. The van der Waals surface area contributed by atoms with Crippen LogP contribution in [0.2, 0.25) is 0 Å². The molecule has 0 spiro atoms. The Morgan fingerprint density at radius 3 is 1.67 bits per heavy atom. The predicted octanol–water partition coefficient (Wildman–Crippen LogP) is 10.6. The fourth-order valence-electron chi connectivity index (χ4n) is 11.1. The number of hydrogen-bond acceptors (Lipinski definition) is 5. The van der Waals surface area contributed by atoms with Crippen LogP contribution in [0.5, 0.6) is 17.2 Å². The van der Waals surface area contributed by atoms with Gasteiger partial charge in [-0.3, -0.25) is 0 Å². The third-order valence-electron chi connectivity index (χ3n) is 14.2. The van der Waals surface area contributed by atoms with Crippen LogP contribution in [-0.2, 0) is 0 Å². The highest BCUT2D eigenvalue weighted by molar-refractivity contribution is 8.00. The van der Waals surface area contributed by atoms with Gasteiger partial charge in [0, 0.05) is 26.7 Å². The van der Waals surface area contributed by atoms with Gasteiger partial charge in [0.1, 0.15) is 35.0 Å². The molecule has 314 valence electrons. The smallest absolute Gasteiger partial charge is 0.184 e. The Kier molecular flexibility index (Phi) is 8.67. The van der Waals surface area contributed by atoms with Crippen LogP contribution in [0.25, 0.3) is 92.8 Å². The predicted molar refractivity (Wildman–Crippen MR) is 290 cm³/mol. The van der Waals surface area contributed by atoms with Gasteiger partial charge in [0.15, 0.2) is 11.5 Å². The summed E-state index contributed by atoms with van der Waals surface area (Å²) < 4.78 is 2.24. The number of fused-ring (bicyclic) bond motifs is 11. The quantitative estimate of drug-likeness (QED) is 0.0711. The van der Waals surface area contributed by atoms with Gasteiger partial charge < -0.3 is 24.8 Å². The number of nitrogens with zero attached hydrogens (tertiary/aromatic N) is 2. The second kappa shape index (κ2) is 14.8. The Bertz CT molecular complexity index is 4110. The zero-order valence-electron chi connectivity index (χ0n) is 37.0. The summed E-state index contributed by atoms with van der Waals surface area (Å²) in [4.78, 5) is 3.53. The van der Waals surface area contributed by atoms with E-state index in [9.17, 15) is 15.3 Å². The molecule has 0 bridgehead atoms. The topological polar surface area (TPSA) is 68.9 Å². The number of phenolic OH excluding ortho intramolecular Hbond substituents is 3. The zero-order valence-corrected chi connectivity index (χ0v) is 37.8. The molecule has 11 aromatic carbocycles. The van der Waals surface area contributed by atoms with Crippen LogP contribution >= 0.6 is 11.8 Å². The second-order valence-electron chi connectivity index (χ2n) is 17.7. The number of aromatic hydroxyl groups is 3. The summed E-state index contributed by atoms with van der Waals surface area (Å²) in [6, 6.07) is 63.0. The molecule has 3 N–H and O–H groups in total. The van der Waals surface area contributed by atoms with Crippen molar-refractivity contribution < 1.29 is 15.3 Å². The molecule has 0 aliphatic carbocycles. The summed E-state index contributed by atoms with van der Waals surface area (Å²) in [5.41, 5.74) is 11.4. The van der Waals surface area contributed by atoms with Crippen molar-refractivity contribution in [3.8, 4) is 45.2 Å². The van der Waals surface area contributed by atoms with Gasteiger partial charge in [-0.25, -0.2) is 0 Å². The minimum absolute atomic E-state index is 0.0995. The normalized spacial score (nSPS) is 12.4. The van der Waals surface area contributed by atoms with Crippen LogP contribution in [0, 0.1) is 0 Å². The minimum Gasteiger partial charge on any atom is -0.506 e. The first kappa shape index (κ1) is 39.4. The number of anilines is 3. The average molecular weight is 876 g/mol. The van der Waals surface area contributed by atoms with Crippen LogP contribution in [0.15, 0.2) is 192 Å². The van der Waals surface area contributed by atoms with Crippen molar-refractivity contribution in [2.75, 3.05) is 4.90 Å². The summed E-state index contributed by atoms with van der Waals surface area (Å²) in [6.07, 6.45) is 0. The number of aromatic nitrogens is 1. The Morgan fingerprint density at radius 2 is 0.955 bits per heavy atom. The lowest BCUT2D eigenvalue weighted by molar-refractivity contribution is 0.396. The third kappa shape index (κ3) is 5.61. The number of phenols is 3. The SMILES string of the molecule is Bc1c(B)c2c(c(B)c1-c1cc3ccccc3c3ccccc13)Sc1c(O)c(-c3ccc4c(c3)c3ccccc3n4-c3ccccc3)c(O)c(O)c1N2c1cc2ccccc2c2ccccc12. The number of rotatable bonds is 4. The molecule has 12 aromatic rings. The van der Waals surface area contributed by atoms with Gasteiger partial charge in [0.05, 0.1) is 32.9 Å². The lowest BCUT2D eigenvalue weighted by Gasteiger charge is -2.39. The summed E-state index contributed by atoms with van der Waals surface area (Å²) >= 11 is 1.46. The molecule has 67 heavy (non-hydrogen) atoms. The molecular formula is C58H39B3N2O3S. The van der Waals surface area contributed by atoms with Gasteiger partial charge in [0.2, 0.25) is 0 Å². The van der Waals surface area contributed by atoms with E-state index in [2.05, 4.69) is 154 Å². The van der Waals surface area contributed by atoms with Crippen LogP contribution in [-0.4, -0.2) is 43.4 Å². The van der Waals surface area contributed by atoms with Gasteiger partial charge in [-0.15, -0.1) is 0 Å². The first-order valence-corrected chi connectivity index (χ1v) is 23.4. The third-order valence-corrected chi connectivity index (χ3v) is 15.5. The van der Waals surface area contributed by atoms with Crippen molar-refractivity contribution >= 4 is 134 Å². The molecule has 5 nitrogen and oxygen atoms in total. The van der Waals surface area contributed by atoms with Gasteiger partial charge in [-0.1, -0.05) is 168 Å². The molecule has 0 amide bonds. The molecule has 9 heteroatoms. The van der Waals surface area contributed by atoms with Gasteiger partial charge >= 0.3 is 0 Å². The molecule has 0 saturated heterocycles. The lowest BCUT2D eigenvalue weighted by Crippen LogP contribution is -2.39. The van der Waals surface area contributed by atoms with Crippen LogP contribution < -0.4 is 21.3 Å². The Balaban J connectivity index is 1.11. The van der Waals surface area contributed by atoms with E-state index in [1.807, 2.05) is 60.7 Å². The molecule has 0 radical (unpaired) electrons. The minimum atomic E-state index is -0.383. The number of benzene rings is 11. The Morgan fingerprint density at radius 1 is 0.388 bits per heavy atom. The van der Waals surface area contributed by atoms with Crippen LogP contribution in [0.1, 0.15) is 0 Å². The monoisotopic (exact) mass is 876 g/mol. The van der Waals surface area contributed by atoms with Crippen molar-refractivity contribution in [2.24, 2.45) is 0 Å². The van der Waals surface area contributed by atoms with E-state index in [1.54, 1.807) is 0 Å². The highest BCUT2D eigenvalue weighted by Crippen LogP contribution is 2.63. The number of para-hydroxylation sites is 2. The fourth-order valence-corrected chi connectivity index (χ4v) is 12.4. The van der Waals surface area contributed by atoms with Crippen molar-refractivity contribution in [2.45, 2.75) is 9.79 Å².